The fraction of sp³-hybridized carbons (Fsp3) is 0.143. The molecule has 0 spiro atoms. The first-order valence-electron chi connectivity index (χ1n) is 8.66. The molecule has 0 aliphatic carbocycles. The average molecular weight is 377 g/mol. The molecule has 0 saturated carbocycles. The van der Waals surface area contributed by atoms with Crippen molar-refractivity contribution in [2.75, 3.05) is 0 Å². The SMILES string of the molecule is C=CCn1c(=O)n(CC=C)c(=O)n(CC(=O)c2ccc3ccccc3c2)c1=O. The Morgan fingerprint density at radius 3 is 1.89 bits per heavy atom. The van der Waals surface area contributed by atoms with Crippen molar-refractivity contribution in [2.45, 2.75) is 19.6 Å². The van der Waals surface area contributed by atoms with Crippen molar-refractivity contribution in [3.8, 4) is 0 Å². The van der Waals surface area contributed by atoms with Crippen molar-refractivity contribution in [2.24, 2.45) is 0 Å². The minimum absolute atomic E-state index is 0.0702. The molecule has 0 radical (unpaired) electrons. The van der Waals surface area contributed by atoms with E-state index in [1.807, 2.05) is 24.3 Å². The van der Waals surface area contributed by atoms with E-state index in [2.05, 4.69) is 13.2 Å². The summed E-state index contributed by atoms with van der Waals surface area (Å²) in [4.78, 5) is 50.4. The minimum atomic E-state index is -0.843. The molecule has 0 aliphatic rings. The molecule has 0 unspecified atom stereocenters. The standard InChI is InChI=1S/C21H19N3O4/c1-3-11-22-19(26)23(12-4-2)21(28)24(20(22)27)14-18(25)17-10-9-15-7-5-6-8-16(15)13-17/h3-10,13H,1-2,11-12,14H2. The van der Waals surface area contributed by atoms with Crippen LogP contribution in [0.25, 0.3) is 10.8 Å². The third kappa shape index (κ3) is 3.42. The van der Waals surface area contributed by atoms with E-state index in [4.69, 9.17) is 0 Å². The zero-order chi connectivity index (χ0) is 20.3. The van der Waals surface area contributed by atoms with Crippen molar-refractivity contribution >= 4 is 16.6 Å². The van der Waals surface area contributed by atoms with Gasteiger partial charge >= 0.3 is 17.1 Å². The first kappa shape index (κ1) is 19.0. The average Bonchev–Trinajstić information content (AvgIpc) is 2.71. The van der Waals surface area contributed by atoms with E-state index in [0.29, 0.717) is 5.56 Å². The second-order valence-electron chi connectivity index (χ2n) is 6.22. The molecule has 0 atom stereocenters. The van der Waals surface area contributed by atoms with Gasteiger partial charge in [0, 0.05) is 5.56 Å². The van der Waals surface area contributed by atoms with Gasteiger partial charge in [-0.25, -0.2) is 28.1 Å². The van der Waals surface area contributed by atoms with Crippen LogP contribution in [-0.4, -0.2) is 19.5 Å². The van der Waals surface area contributed by atoms with E-state index in [-0.39, 0.29) is 13.1 Å². The van der Waals surface area contributed by atoms with Crippen molar-refractivity contribution in [1.82, 2.24) is 13.7 Å². The minimum Gasteiger partial charge on any atom is -0.292 e. The van der Waals surface area contributed by atoms with E-state index >= 15 is 0 Å². The maximum absolute atomic E-state index is 12.7. The highest BCUT2D eigenvalue weighted by Gasteiger charge is 2.17. The number of rotatable bonds is 7. The molecule has 3 aromatic rings. The van der Waals surface area contributed by atoms with Gasteiger partial charge < -0.3 is 0 Å². The van der Waals surface area contributed by atoms with Crippen LogP contribution in [0.15, 0.2) is 82.2 Å². The van der Waals surface area contributed by atoms with Gasteiger partial charge in [-0.05, 0) is 16.8 Å². The van der Waals surface area contributed by atoms with Crippen LogP contribution in [0.3, 0.4) is 0 Å². The van der Waals surface area contributed by atoms with Crippen molar-refractivity contribution in [1.29, 1.82) is 0 Å². The zero-order valence-electron chi connectivity index (χ0n) is 15.2. The van der Waals surface area contributed by atoms with Crippen molar-refractivity contribution in [3.05, 3.63) is 105 Å². The van der Waals surface area contributed by atoms with Gasteiger partial charge in [0.1, 0.15) is 0 Å². The number of benzene rings is 2. The fourth-order valence-corrected chi connectivity index (χ4v) is 2.99. The first-order chi connectivity index (χ1) is 13.5. The van der Waals surface area contributed by atoms with E-state index < -0.39 is 29.4 Å². The molecule has 7 nitrogen and oxygen atoms in total. The van der Waals surface area contributed by atoms with Crippen LogP contribution in [-0.2, 0) is 19.6 Å². The summed E-state index contributed by atoms with van der Waals surface area (Å²) in [5.41, 5.74) is -2.07. The summed E-state index contributed by atoms with van der Waals surface area (Å²) in [5.74, 6) is -0.404. The maximum atomic E-state index is 12.7. The summed E-state index contributed by atoms with van der Waals surface area (Å²) in [7, 11) is 0. The lowest BCUT2D eigenvalue weighted by Gasteiger charge is -2.12. The highest BCUT2D eigenvalue weighted by Crippen LogP contribution is 2.16. The number of carbonyl (C=O) groups excluding carboxylic acids is 1. The lowest BCUT2D eigenvalue weighted by Crippen LogP contribution is -2.55. The van der Waals surface area contributed by atoms with Gasteiger partial charge in [0.25, 0.3) is 0 Å². The van der Waals surface area contributed by atoms with Gasteiger partial charge in [-0.1, -0.05) is 48.6 Å². The third-order valence-corrected chi connectivity index (χ3v) is 4.38. The predicted molar refractivity (Wildman–Crippen MR) is 108 cm³/mol. The summed E-state index contributed by atoms with van der Waals surface area (Å²) in [6, 6.07) is 12.7. The van der Waals surface area contributed by atoms with Crippen LogP contribution < -0.4 is 17.1 Å². The molecule has 0 saturated heterocycles. The summed E-state index contributed by atoms with van der Waals surface area (Å²) in [6.45, 7) is 6.43. The molecular weight excluding hydrogens is 358 g/mol. The van der Waals surface area contributed by atoms with Gasteiger partial charge in [-0.2, -0.15) is 0 Å². The van der Waals surface area contributed by atoms with E-state index in [1.54, 1.807) is 18.2 Å². The summed E-state index contributed by atoms with van der Waals surface area (Å²) in [6.07, 6.45) is 2.75. The third-order valence-electron chi connectivity index (χ3n) is 4.38. The Labute approximate surface area is 160 Å². The maximum Gasteiger partial charge on any atom is 0.337 e. The van der Waals surface area contributed by atoms with E-state index in [9.17, 15) is 19.2 Å². The largest absolute Gasteiger partial charge is 0.337 e. The Hall–Kier alpha value is -3.74. The number of allylic oxidation sites excluding steroid dienone is 2. The highest BCUT2D eigenvalue weighted by atomic mass is 16.2. The lowest BCUT2D eigenvalue weighted by atomic mass is 10.0. The van der Waals surface area contributed by atoms with Gasteiger partial charge in [0.15, 0.2) is 5.78 Å². The van der Waals surface area contributed by atoms with E-state index in [0.717, 1.165) is 24.5 Å². The molecule has 0 aliphatic heterocycles. The second-order valence-corrected chi connectivity index (χ2v) is 6.22. The topological polar surface area (TPSA) is 83.1 Å². The first-order valence-corrected chi connectivity index (χ1v) is 8.66. The molecule has 0 N–H and O–H groups in total. The Morgan fingerprint density at radius 2 is 1.32 bits per heavy atom. The van der Waals surface area contributed by atoms with Gasteiger partial charge in [0.2, 0.25) is 0 Å². The quantitative estimate of drug-likeness (QED) is 0.462. The van der Waals surface area contributed by atoms with Crippen LogP contribution in [0.1, 0.15) is 10.4 Å². The Balaban J connectivity index is 2.09. The number of carbonyl (C=O) groups is 1. The Bertz CT molecular complexity index is 1210. The molecule has 3 rings (SSSR count). The lowest BCUT2D eigenvalue weighted by molar-refractivity contribution is 0.0967. The number of fused-ring (bicyclic) bond motifs is 1. The highest BCUT2D eigenvalue weighted by molar-refractivity contribution is 5.99. The number of aromatic nitrogens is 3. The molecule has 28 heavy (non-hydrogen) atoms. The van der Waals surface area contributed by atoms with E-state index in [1.165, 1.54) is 12.2 Å². The number of hydrogen-bond acceptors (Lipinski definition) is 4. The summed E-state index contributed by atoms with van der Waals surface area (Å²) < 4.78 is 2.50. The normalized spacial score (nSPS) is 10.7. The zero-order valence-corrected chi connectivity index (χ0v) is 15.2. The molecule has 7 heteroatoms. The van der Waals surface area contributed by atoms with Crippen molar-refractivity contribution in [3.63, 3.8) is 0 Å². The van der Waals surface area contributed by atoms with Crippen LogP contribution in [0.4, 0.5) is 0 Å². The summed E-state index contributed by atoms with van der Waals surface area (Å²) in [5, 5.41) is 1.85. The van der Waals surface area contributed by atoms with Crippen LogP contribution in [0.2, 0.25) is 0 Å². The number of Topliss-reactive ketones (excluding diaryl/α,β-unsaturated/α-hetero) is 1. The van der Waals surface area contributed by atoms with Gasteiger partial charge in [-0.15, -0.1) is 13.2 Å². The van der Waals surface area contributed by atoms with Crippen molar-refractivity contribution < 1.29 is 4.79 Å². The summed E-state index contributed by atoms with van der Waals surface area (Å²) >= 11 is 0. The van der Waals surface area contributed by atoms with Gasteiger partial charge in [0.05, 0.1) is 19.6 Å². The number of nitrogens with zero attached hydrogens (tertiary/aromatic N) is 3. The molecule has 0 bridgehead atoms. The molecule has 0 fully saturated rings. The van der Waals surface area contributed by atoms with Crippen LogP contribution in [0, 0.1) is 0 Å². The Morgan fingerprint density at radius 1 is 0.786 bits per heavy atom. The number of hydrogen-bond donors (Lipinski definition) is 0. The molecule has 2 aromatic carbocycles. The molecule has 142 valence electrons. The molecule has 1 aromatic heterocycles. The molecule has 0 amide bonds. The number of ketones is 1. The van der Waals surface area contributed by atoms with Crippen LogP contribution in [0.5, 0.6) is 0 Å². The van der Waals surface area contributed by atoms with Crippen LogP contribution >= 0.6 is 0 Å². The predicted octanol–water partition coefficient (Wildman–Crippen LogP) is 1.58. The molecule has 1 heterocycles. The van der Waals surface area contributed by atoms with Gasteiger partial charge in [-0.3, -0.25) is 4.79 Å². The smallest absolute Gasteiger partial charge is 0.292 e. The fourth-order valence-electron chi connectivity index (χ4n) is 2.99. The Kier molecular flexibility index (Phi) is 5.35. The monoisotopic (exact) mass is 377 g/mol. The molecular formula is C21H19N3O4. The second kappa shape index (κ2) is 7.87.